The van der Waals surface area contributed by atoms with E-state index in [0.717, 1.165) is 43.9 Å². The lowest BCUT2D eigenvalue weighted by molar-refractivity contribution is -0.384. The molecule has 0 aliphatic rings. The number of nitrogens with zero attached hydrogens (tertiary/aromatic N) is 3. The molecule has 0 bridgehead atoms. The van der Waals surface area contributed by atoms with Crippen molar-refractivity contribution in [3.05, 3.63) is 135 Å². The normalized spacial score (nSPS) is 11.1. The first-order valence-electron chi connectivity index (χ1n) is 11.0. The molecule has 35 heavy (non-hydrogen) atoms. The number of halogens is 1. The number of aromatic nitrogens is 1. The third kappa shape index (κ3) is 4.83. The van der Waals surface area contributed by atoms with Crippen molar-refractivity contribution in [2.75, 3.05) is 0 Å². The molecule has 170 valence electrons. The second-order valence-corrected chi connectivity index (χ2v) is 8.82. The maximum atomic E-state index is 11.2. The van der Waals surface area contributed by atoms with Crippen LogP contribution in [0, 0.1) is 10.1 Å². The van der Waals surface area contributed by atoms with Crippen molar-refractivity contribution in [2.24, 2.45) is 4.99 Å². The van der Waals surface area contributed by atoms with Crippen LogP contribution < -0.4 is 0 Å². The van der Waals surface area contributed by atoms with Gasteiger partial charge < -0.3 is 4.57 Å². The molecular weight excluding hydrogens is 502 g/mol. The zero-order valence-corrected chi connectivity index (χ0v) is 20.2. The molecule has 5 nitrogen and oxygen atoms in total. The fraction of sp³-hybridized carbons (Fsp3) is 0. The Bertz CT molecular complexity index is 1490. The second-order valence-electron chi connectivity index (χ2n) is 7.91. The SMILES string of the molecule is O=[N+]([O-])c1ccc(-n2c(-c3ccccc3)cc(C=Nc3ccc(Br)cc3)c2-c2ccccc2)cc1. The van der Waals surface area contributed by atoms with Crippen LogP contribution in [0.3, 0.4) is 0 Å². The van der Waals surface area contributed by atoms with Gasteiger partial charge in [-0.1, -0.05) is 76.6 Å². The van der Waals surface area contributed by atoms with Gasteiger partial charge in [0.15, 0.2) is 0 Å². The zero-order chi connectivity index (χ0) is 24.2. The van der Waals surface area contributed by atoms with E-state index in [1.165, 1.54) is 12.1 Å². The average molecular weight is 522 g/mol. The van der Waals surface area contributed by atoms with E-state index < -0.39 is 0 Å². The Morgan fingerprint density at radius 3 is 1.97 bits per heavy atom. The van der Waals surface area contributed by atoms with E-state index in [9.17, 15) is 10.1 Å². The number of non-ortho nitro benzene ring substituents is 1. The van der Waals surface area contributed by atoms with E-state index in [1.54, 1.807) is 12.1 Å². The molecule has 0 N–H and O–H groups in total. The van der Waals surface area contributed by atoms with Gasteiger partial charge in [0.25, 0.3) is 5.69 Å². The quantitative estimate of drug-likeness (QED) is 0.128. The molecule has 1 aromatic heterocycles. The fourth-order valence-electron chi connectivity index (χ4n) is 4.00. The molecule has 0 aliphatic heterocycles. The van der Waals surface area contributed by atoms with Gasteiger partial charge in [-0.3, -0.25) is 15.1 Å². The highest BCUT2D eigenvalue weighted by molar-refractivity contribution is 9.10. The molecule has 0 unspecified atom stereocenters. The van der Waals surface area contributed by atoms with Crippen LogP contribution in [0.15, 0.2) is 125 Å². The molecule has 0 fully saturated rings. The number of nitro groups is 1. The number of benzene rings is 4. The summed E-state index contributed by atoms with van der Waals surface area (Å²) in [6, 6.07) is 36.8. The Hall–Kier alpha value is -4.29. The molecule has 0 amide bonds. The molecular formula is C29H20BrN3O2. The first-order chi connectivity index (χ1) is 17.1. The molecule has 0 aliphatic carbocycles. The summed E-state index contributed by atoms with van der Waals surface area (Å²) in [6.45, 7) is 0. The molecule has 5 aromatic rings. The number of nitro benzene ring substituents is 1. The van der Waals surface area contributed by atoms with Crippen molar-refractivity contribution < 1.29 is 4.92 Å². The zero-order valence-electron chi connectivity index (χ0n) is 18.6. The Morgan fingerprint density at radius 1 is 0.771 bits per heavy atom. The first-order valence-corrected chi connectivity index (χ1v) is 11.8. The lowest BCUT2D eigenvalue weighted by Crippen LogP contribution is -2.01. The van der Waals surface area contributed by atoms with Crippen LogP contribution in [0.2, 0.25) is 0 Å². The van der Waals surface area contributed by atoms with Crippen LogP contribution in [0.25, 0.3) is 28.2 Å². The highest BCUT2D eigenvalue weighted by Crippen LogP contribution is 2.36. The summed E-state index contributed by atoms with van der Waals surface area (Å²) in [7, 11) is 0. The van der Waals surface area contributed by atoms with Crippen molar-refractivity contribution in [3.63, 3.8) is 0 Å². The van der Waals surface area contributed by atoms with E-state index in [4.69, 9.17) is 4.99 Å². The van der Waals surface area contributed by atoms with Crippen LogP contribution in [-0.2, 0) is 0 Å². The van der Waals surface area contributed by atoms with Crippen LogP contribution in [-0.4, -0.2) is 15.7 Å². The van der Waals surface area contributed by atoms with Gasteiger partial charge in [-0.2, -0.15) is 0 Å². The Labute approximate surface area is 211 Å². The van der Waals surface area contributed by atoms with Gasteiger partial charge in [-0.05, 0) is 53.6 Å². The predicted octanol–water partition coefficient (Wildman–Crippen LogP) is 8.23. The lowest BCUT2D eigenvalue weighted by Gasteiger charge is -2.15. The van der Waals surface area contributed by atoms with Gasteiger partial charge in [0.2, 0.25) is 0 Å². The maximum absolute atomic E-state index is 11.2. The van der Waals surface area contributed by atoms with Gasteiger partial charge >= 0.3 is 0 Å². The average Bonchev–Trinajstić information content (AvgIpc) is 3.29. The second kappa shape index (κ2) is 9.91. The minimum absolute atomic E-state index is 0.0560. The van der Waals surface area contributed by atoms with Crippen molar-refractivity contribution >= 4 is 33.5 Å². The molecule has 4 aromatic carbocycles. The Morgan fingerprint density at radius 2 is 1.37 bits per heavy atom. The molecule has 0 spiro atoms. The number of rotatable bonds is 6. The smallest absolute Gasteiger partial charge is 0.269 e. The predicted molar refractivity (Wildman–Crippen MR) is 145 cm³/mol. The summed E-state index contributed by atoms with van der Waals surface area (Å²) < 4.78 is 3.13. The summed E-state index contributed by atoms with van der Waals surface area (Å²) >= 11 is 3.46. The molecule has 5 rings (SSSR count). The van der Waals surface area contributed by atoms with E-state index in [-0.39, 0.29) is 10.6 Å². The third-order valence-corrected chi connectivity index (χ3v) is 6.17. The molecule has 0 saturated carbocycles. The lowest BCUT2D eigenvalue weighted by atomic mass is 10.1. The van der Waals surface area contributed by atoms with Crippen molar-refractivity contribution in [1.82, 2.24) is 4.57 Å². The van der Waals surface area contributed by atoms with Gasteiger partial charge in [0.1, 0.15) is 0 Å². The molecule has 0 atom stereocenters. The van der Waals surface area contributed by atoms with Crippen LogP contribution in [0.5, 0.6) is 0 Å². The topological polar surface area (TPSA) is 60.4 Å². The Kier molecular flexibility index (Phi) is 6.37. The van der Waals surface area contributed by atoms with Gasteiger partial charge in [-0.25, -0.2) is 0 Å². The molecule has 0 radical (unpaired) electrons. The number of hydrogen-bond acceptors (Lipinski definition) is 3. The minimum Gasteiger partial charge on any atom is -0.309 e. The summed E-state index contributed by atoms with van der Waals surface area (Å²) in [5, 5.41) is 11.2. The fourth-order valence-corrected chi connectivity index (χ4v) is 4.27. The van der Waals surface area contributed by atoms with Gasteiger partial charge in [0.05, 0.1) is 22.0 Å². The maximum Gasteiger partial charge on any atom is 0.269 e. The summed E-state index contributed by atoms with van der Waals surface area (Å²) in [4.78, 5) is 15.6. The molecule has 6 heteroatoms. The molecule has 1 heterocycles. The van der Waals surface area contributed by atoms with Crippen molar-refractivity contribution in [1.29, 1.82) is 0 Å². The van der Waals surface area contributed by atoms with Crippen LogP contribution >= 0.6 is 15.9 Å². The van der Waals surface area contributed by atoms with Crippen LogP contribution in [0.1, 0.15) is 5.56 Å². The highest BCUT2D eigenvalue weighted by Gasteiger charge is 2.19. The van der Waals surface area contributed by atoms with Gasteiger partial charge in [-0.15, -0.1) is 0 Å². The van der Waals surface area contributed by atoms with E-state index in [1.807, 2.05) is 66.9 Å². The van der Waals surface area contributed by atoms with E-state index in [2.05, 4.69) is 50.8 Å². The largest absolute Gasteiger partial charge is 0.309 e. The van der Waals surface area contributed by atoms with Gasteiger partial charge in [0, 0.05) is 34.1 Å². The number of aliphatic imine (C=N–C) groups is 1. The summed E-state index contributed by atoms with van der Waals surface area (Å²) in [6.07, 6.45) is 1.87. The highest BCUT2D eigenvalue weighted by atomic mass is 79.9. The standard InChI is InChI=1S/C29H20BrN3O2/c30-24-11-13-25(14-12-24)31-20-23-19-28(21-7-3-1-4-8-21)32(29(23)22-9-5-2-6-10-22)26-15-17-27(18-16-26)33(34)35/h1-20H. The van der Waals surface area contributed by atoms with Crippen molar-refractivity contribution in [3.8, 4) is 28.2 Å². The number of hydrogen-bond donors (Lipinski definition) is 0. The Balaban J connectivity index is 1.75. The third-order valence-electron chi connectivity index (χ3n) is 5.65. The van der Waals surface area contributed by atoms with Crippen molar-refractivity contribution in [2.45, 2.75) is 0 Å². The summed E-state index contributed by atoms with van der Waals surface area (Å²) in [5.41, 5.74) is 6.65. The van der Waals surface area contributed by atoms with Crippen LogP contribution in [0.4, 0.5) is 11.4 Å². The minimum atomic E-state index is -0.383. The summed E-state index contributed by atoms with van der Waals surface area (Å²) in [5.74, 6) is 0. The monoisotopic (exact) mass is 521 g/mol. The van der Waals surface area contributed by atoms with E-state index >= 15 is 0 Å². The first kappa shape index (κ1) is 22.5. The van der Waals surface area contributed by atoms with E-state index in [0.29, 0.717) is 0 Å². The molecule has 0 saturated heterocycles.